The molecule has 11 N–H and O–H groups in total. The summed E-state index contributed by atoms with van der Waals surface area (Å²) >= 11 is 0. The fraction of sp³-hybridized carbons (Fsp3) is 0.848. The summed E-state index contributed by atoms with van der Waals surface area (Å²) in [6.45, 7) is 6.85. The molecule has 0 aromatic carbocycles. The molecule has 13 heteroatoms. The van der Waals surface area contributed by atoms with Gasteiger partial charge >= 0.3 is 0 Å². The molecular formula is C33H68N10O3. The van der Waals surface area contributed by atoms with E-state index in [9.17, 15) is 14.4 Å². The molecule has 0 atom stereocenters. The molecule has 0 fully saturated rings. The van der Waals surface area contributed by atoms with Gasteiger partial charge in [0.2, 0.25) is 17.7 Å². The number of amides is 3. The largest absolute Gasteiger partial charge is 0.370 e. The first-order valence-corrected chi connectivity index (χ1v) is 17.9. The van der Waals surface area contributed by atoms with Gasteiger partial charge < -0.3 is 43.8 Å². The van der Waals surface area contributed by atoms with Crippen LogP contribution in [0.15, 0.2) is 9.98 Å². The van der Waals surface area contributed by atoms with E-state index in [0.717, 1.165) is 38.8 Å². The molecule has 0 spiro atoms. The minimum atomic E-state index is -0.148. The van der Waals surface area contributed by atoms with E-state index in [1.807, 2.05) is 0 Å². The topological polar surface area (TPSA) is 219 Å². The number of hydrogen-bond donors (Lipinski definition) is 7. The molecule has 3 amide bonds. The van der Waals surface area contributed by atoms with E-state index in [4.69, 9.17) is 22.9 Å². The maximum atomic E-state index is 12.7. The zero-order valence-corrected chi connectivity index (χ0v) is 29.0. The molecule has 0 aliphatic rings. The van der Waals surface area contributed by atoms with E-state index in [2.05, 4.69) is 32.9 Å². The Bertz CT molecular complexity index is 807. The summed E-state index contributed by atoms with van der Waals surface area (Å²) in [5, 5.41) is 9.23. The van der Waals surface area contributed by atoms with Gasteiger partial charge in [0.25, 0.3) is 0 Å². The lowest BCUT2D eigenvalue weighted by molar-refractivity contribution is -0.133. The molecular weight excluding hydrogens is 584 g/mol. The molecule has 0 aliphatic heterocycles. The molecule has 0 saturated heterocycles. The fourth-order valence-corrected chi connectivity index (χ4v) is 4.99. The molecule has 0 aromatic rings. The van der Waals surface area contributed by atoms with Crippen molar-refractivity contribution in [1.29, 1.82) is 0 Å². The van der Waals surface area contributed by atoms with E-state index in [1.165, 1.54) is 64.2 Å². The molecule has 13 nitrogen and oxygen atoms in total. The lowest BCUT2D eigenvalue weighted by Crippen LogP contribution is -2.35. The summed E-state index contributed by atoms with van der Waals surface area (Å²) in [5.74, 6) is -0.0753. The standard InChI is InChI=1S/C33H68N10O3/c1-2-3-4-5-6-7-8-9-10-11-12-13-18-29(44)39-23-14-21-38-22-15-24-40-30(45)19-20-31(46)43(27-16-25-41-32(34)35)28-17-26-42-33(36)37/h38H,2-28H2,1H3,(H,39,44)(H,40,45)(H4,34,35,41)(H4,36,37,42). The predicted octanol–water partition coefficient (Wildman–Crippen LogP) is 2.62. The normalized spacial score (nSPS) is 10.7. The van der Waals surface area contributed by atoms with Crippen molar-refractivity contribution in [2.24, 2.45) is 32.9 Å². The molecule has 0 aromatic heterocycles. The monoisotopic (exact) mass is 653 g/mol. The van der Waals surface area contributed by atoms with Gasteiger partial charge in [0.05, 0.1) is 0 Å². The van der Waals surface area contributed by atoms with Crippen LogP contribution in [-0.2, 0) is 14.4 Å². The van der Waals surface area contributed by atoms with Gasteiger partial charge in [-0.15, -0.1) is 0 Å². The zero-order valence-electron chi connectivity index (χ0n) is 29.0. The molecule has 0 bridgehead atoms. The third-order valence-corrected chi connectivity index (χ3v) is 7.64. The summed E-state index contributed by atoms with van der Waals surface area (Å²) in [6.07, 6.45) is 19.3. The Kier molecular flexibility index (Phi) is 29.7. The highest BCUT2D eigenvalue weighted by Crippen LogP contribution is 2.12. The minimum absolute atomic E-state index is 0.0152. The van der Waals surface area contributed by atoms with Crippen molar-refractivity contribution in [2.75, 3.05) is 52.4 Å². The van der Waals surface area contributed by atoms with Gasteiger partial charge in [0.1, 0.15) is 0 Å². The highest BCUT2D eigenvalue weighted by molar-refractivity contribution is 5.83. The van der Waals surface area contributed by atoms with Gasteiger partial charge in [-0.2, -0.15) is 0 Å². The van der Waals surface area contributed by atoms with Crippen molar-refractivity contribution < 1.29 is 14.4 Å². The second kappa shape index (κ2) is 31.9. The Balaban J connectivity index is 3.77. The van der Waals surface area contributed by atoms with Crippen molar-refractivity contribution in [1.82, 2.24) is 20.9 Å². The molecule has 0 radical (unpaired) electrons. The number of aliphatic imine (C=N–C) groups is 2. The highest BCUT2D eigenvalue weighted by atomic mass is 16.2. The summed E-state index contributed by atoms with van der Waals surface area (Å²) in [4.78, 5) is 46.6. The molecule has 0 saturated carbocycles. The van der Waals surface area contributed by atoms with Crippen LogP contribution in [0.4, 0.5) is 0 Å². The van der Waals surface area contributed by atoms with E-state index in [0.29, 0.717) is 58.5 Å². The van der Waals surface area contributed by atoms with Crippen LogP contribution in [0.25, 0.3) is 0 Å². The second-order valence-corrected chi connectivity index (χ2v) is 12.0. The third kappa shape index (κ3) is 30.9. The summed E-state index contributed by atoms with van der Waals surface area (Å²) in [7, 11) is 0. The Morgan fingerprint density at radius 2 is 0.957 bits per heavy atom. The summed E-state index contributed by atoms with van der Waals surface area (Å²) < 4.78 is 0. The SMILES string of the molecule is CCCCCCCCCCCCCCC(=O)NCCCNCCCNC(=O)CCC(=O)N(CCCN=C(N)N)CCCN=C(N)N. The zero-order chi connectivity index (χ0) is 34.1. The van der Waals surface area contributed by atoms with Crippen LogP contribution in [0.1, 0.15) is 129 Å². The number of hydrogen-bond acceptors (Lipinski definition) is 6. The number of rotatable bonds is 32. The minimum Gasteiger partial charge on any atom is -0.370 e. The predicted molar refractivity (Wildman–Crippen MR) is 190 cm³/mol. The summed E-state index contributed by atoms with van der Waals surface area (Å²) in [6, 6.07) is 0. The number of carbonyl (C=O) groups is 3. The van der Waals surface area contributed by atoms with Gasteiger partial charge in [-0.25, -0.2) is 0 Å². The van der Waals surface area contributed by atoms with Crippen molar-refractivity contribution in [3.05, 3.63) is 0 Å². The van der Waals surface area contributed by atoms with Crippen LogP contribution in [0.5, 0.6) is 0 Å². The summed E-state index contributed by atoms with van der Waals surface area (Å²) in [5.41, 5.74) is 21.4. The van der Waals surface area contributed by atoms with E-state index in [1.54, 1.807) is 4.90 Å². The van der Waals surface area contributed by atoms with Crippen molar-refractivity contribution in [3.63, 3.8) is 0 Å². The maximum Gasteiger partial charge on any atom is 0.223 e. The Labute approximate surface area is 278 Å². The van der Waals surface area contributed by atoms with Crippen LogP contribution >= 0.6 is 0 Å². The van der Waals surface area contributed by atoms with Gasteiger partial charge in [0, 0.05) is 58.5 Å². The van der Waals surface area contributed by atoms with Crippen LogP contribution in [-0.4, -0.2) is 86.9 Å². The molecule has 0 aliphatic carbocycles. The Hall–Kier alpha value is -3.09. The van der Waals surface area contributed by atoms with Crippen LogP contribution in [0, 0.1) is 0 Å². The molecule has 268 valence electrons. The van der Waals surface area contributed by atoms with Gasteiger partial charge in [-0.05, 0) is 45.2 Å². The van der Waals surface area contributed by atoms with Gasteiger partial charge in [0.15, 0.2) is 11.9 Å². The van der Waals surface area contributed by atoms with Gasteiger partial charge in [-0.1, -0.05) is 77.6 Å². The smallest absolute Gasteiger partial charge is 0.223 e. The second-order valence-electron chi connectivity index (χ2n) is 12.0. The first-order valence-electron chi connectivity index (χ1n) is 17.9. The van der Waals surface area contributed by atoms with Crippen molar-refractivity contribution >= 4 is 29.6 Å². The quantitative estimate of drug-likeness (QED) is 0.0324. The first kappa shape index (κ1) is 42.9. The fourth-order valence-electron chi connectivity index (χ4n) is 4.99. The first-order chi connectivity index (χ1) is 22.3. The highest BCUT2D eigenvalue weighted by Gasteiger charge is 2.14. The number of nitrogens with one attached hydrogen (secondary N) is 3. The lowest BCUT2D eigenvalue weighted by Gasteiger charge is -2.22. The molecule has 0 heterocycles. The third-order valence-electron chi connectivity index (χ3n) is 7.64. The van der Waals surface area contributed by atoms with Gasteiger partial charge in [-0.3, -0.25) is 24.4 Å². The van der Waals surface area contributed by atoms with E-state index < -0.39 is 0 Å². The molecule has 0 rings (SSSR count). The molecule has 0 unspecified atom stereocenters. The van der Waals surface area contributed by atoms with E-state index >= 15 is 0 Å². The number of unbranched alkanes of at least 4 members (excludes halogenated alkanes) is 11. The van der Waals surface area contributed by atoms with Crippen LogP contribution in [0.3, 0.4) is 0 Å². The number of guanidine groups is 2. The number of nitrogens with two attached hydrogens (primary N) is 4. The Morgan fingerprint density at radius 1 is 0.522 bits per heavy atom. The van der Waals surface area contributed by atoms with Crippen molar-refractivity contribution in [2.45, 2.75) is 129 Å². The molecule has 46 heavy (non-hydrogen) atoms. The van der Waals surface area contributed by atoms with Crippen LogP contribution in [0.2, 0.25) is 0 Å². The van der Waals surface area contributed by atoms with E-state index in [-0.39, 0.29) is 42.5 Å². The van der Waals surface area contributed by atoms with Crippen molar-refractivity contribution in [3.8, 4) is 0 Å². The average Bonchev–Trinajstić information content (AvgIpc) is 3.02. The number of carbonyl (C=O) groups excluding carboxylic acids is 3. The average molecular weight is 653 g/mol. The maximum absolute atomic E-state index is 12.7. The number of nitrogens with zero attached hydrogens (tertiary/aromatic N) is 3. The van der Waals surface area contributed by atoms with Crippen LogP contribution < -0.4 is 38.9 Å². The lowest BCUT2D eigenvalue weighted by atomic mass is 10.0. The Morgan fingerprint density at radius 3 is 1.41 bits per heavy atom.